The number of rotatable bonds is 5. The van der Waals surface area contributed by atoms with Crippen molar-refractivity contribution in [3.63, 3.8) is 0 Å². The first-order chi connectivity index (χ1) is 10.3. The van der Waals surface area contributed by atoms with Crippen molar-refractivity contribution in [2.45, 2.75) is 31.3 Å². The van der Waals surface area contributed by atoms with Gasteiger partial charge in [0.05, 0.1) is 12.7 Å². The zero-order chi connectivity index (χ0) is 14.7. The minimum Gasteiger partial charge on any atom is -0.377 e. The van der Waals surface area contributed by atoms with Crippen molar-refractivity contribution in [1.29, 1.82) is 0 Å². The highest BCUT2D eigenvalue weighted by Crippen LogP contribution is 2.48. The van der Waals surface area contributed by atoms with Crippen LogP contribution in [-0.2, 0) is 9.53 Å². The van der Waals surface area contributed by atoms with Crippen molar-refractivity contribution in [3.8, 4) is 0 Å². The van der Waals surface area contributed by atoms with E-state index in [9.17, 15) is 4.79 Å². The summed E-state index contributed by atoms with van der Waals surface area (Å²) in [7, 11) is 0. The maximum atomic E-state index is 12.5. The number of hydrogen-bond acceptors (Lipinski definition) is 2. The van der Waals surface area contributed by atoms with E-state index in [1.54, 1.807) is 0 Å². The Morgan fingerprint density at radius 3 is 2.62 bits per heavy atom. The molecule has 3 nitrogen and oxygen atoms in total. The van der Waals surface area contributed by atoms with Gasteiger partial charge in [0.25, 0.3) is 0 Å². The quantitative estimate of drug-likeness (QED) is 0.762. The lowest BCUT2D eigenvalue weighted by atomic mass is 10.1. The summed E-state index contributed by atoms with van der Waals surface area (Å²) >= 11 is 3.38. The molecule has 0 aromatic heterocycles. The number of nitrogens with zero attached hydrogens (tertiary/aromatic N) is 1. The number of alkyl halides is 1. The number of ether oxygens (including phenoxy) is 1. The largest absolute Gasteiger partial charge is 0.377 e. The predicted octanol–water partition coefficient (Wildman–Crippen LogP) is 3.19. The first kappa shape index (κ1) is 15.0. The highest BCUT2D eigenvalue weighted by molar-refractivity contribution is 9.09. The molecule has 0 radical (unpaired) electrons. The van der Waals surface area contributed by atoms with E-state index < -0.39 is 0 Å². The van der Waals surface area contributed by atoms with Crippen molar-refractivity contribution in [1.82, 2.24) is 4.90 Å². The molecule has 1 saturated carbocycles. The van der Waals surface area contributed by atoms with E-state index in [-0.39, 0.29) is 5.92 Å². The van der Waals surface area contributed by atoms with Gasteiger partial charge in [-0.3, -0.25) is 4.79 Å². The molecule has 2 aliphatic rings. The van der Waals surface area contributed by atoms with Crippen molar-refractivity contribution in [3.05, 3.63) is 35.9 Å². The Morgan fingerprint density at radius 1 is 1.24 bits per heavy atom. The van der Waals surface area contributed by atoms with Gasteiger partial charge < -0.3 is 9.64 Å². The molecule has 2 unspecified atom stereocenters. The molecule has 1 aliphatic heterocycles. The van der Waals surface area contributed by atoms with Crippen molar-refractivity contribution >= 4 is 21.8 Å². The standard InChI is InChI=1S/C17H22BrNO2/c18-8-11-21-14-6-9-19(10-7-14)17(20)16-12-15(16)13-4-2-1-3-5-13/h1-5,14-16H,6-12H2. The number of halogens is 1. The van der Waals surface area contributed by atoms with Gasteiger partial charge in [-0.25, -0.2) is 0 Å². The summed E-state index contributed by atoms with van der Waals surface area (Å²) in [5, 5.41) is 0.882. The number of piperidine rings is 1. The number of benzene rings is 1. The van der Waals surface area contributed by atoms with Crippen LogP contribution in [0.1, 0.15) is 30.7 Å². The van der Waals surface area contributed by atoms with Crippen LogP contribution in [0.5, 0.6) is 0 Å². The summed E-state index contributed by atoms with van der Waals surface area (Å²) < 4.78 is 5.74. The molecule has 1 heterocycles. The molecule has 3 rings (SSSR count). The van der Waals surface area contributed by atoms with Gasteiger partial charge in [0.15, 0.2) is 0 Å². The highest BCUT2D eigenvalue weighted by atomic mass is 79.9. The van der Waals surface area contributed by atoms with Crippen LogP contribution in [-0.4, -0.2) is 41.9 Å². The molecule has 0 N–H and O–H groups in total. The second-order valence-electron chi connectivity index (χ2n) is 5.94. The summed E-state index contributed by atoms with van der Waals surface area (Å²) in [5.74, 6) is 1.01. The molecule has 1 aromatic rings. The Balaban J connectivity index is 1.48. The SMILES string of the molecule is O=C(C1CC1c1ccccc1)N1CCC(OCCBr)CC1. The van der Waals surface area contributed by atoms with E-state index in [4.69, 9.17) is 4.74 Å². The fraction of sp³-hybridized carbons (Fsp3) is 0.588. The summed E-state index contributed by atoms with van der Waals surface area (Å²) in [6.07, 6.45) is 3.29. The lowest BCUT2D eigenvalue weighted by molar-refractivity contribution is -0.135. The molecule has 1 saturated heterocycles. The van der Waals surface area contributed by atoms with Crippen LogP contribution in [0.4, 0.5) is 0 Å². The van der Waals surface area contributed by atoms with Gasteiger partial charge in [-0.2, -0.15) is 0 Å². The van der Waals surface area contributed by atoms with Gasteiger partial charge in [0, 0.05) is 24.3 Å². The van der Waals surface area contributed by atoms with Gasteiger partial charge >= 0.3 is 0 Å². The van der Waals surface area contributed by atoms with E-state index in [1.807, 2.05) is 11.0 Å². The van der Waals surface area contributed by atoms with E-state index in [0.29, 0.717) is 17.9 Å². The molecule has 2 fully saturated rings. The average molecular weight is 352 g/mol. The first-order valence-electron chi connectivity index (χ1n) is 7.81. The third-order valence-corrected chi connectivity index (χ3v) is 4.84. The van der Waals surface area contributed by atoms with Gasteiger partial charge in [-0.15, -0.1) is 0 Å². The fourth-order valence-corrected chi connectivity index (χ4v) is 3.41. The summed E-state index contributed by atoms with van der Waals surface area (Å²) in [4.78, 5) is 14.6. The summed E-state index contributed by atoms with van der Waals surface area (Å²) in [6.45, 7) is 2.46. The monoisotopic (exact) mass is 351 g/mol. The average Bonchev–Trinajstić information content (AvgIpc) is 3.34. The molecular formula is C17H22BrNO2. The molecule has 1 aromatic carbocycles. The first-order valence-corrected chi connectivity index (χ1v) is 8.93. The molecule has 2 atom stereocenters. The fourth-order valence-electron chi connectivity index (χ4n) is 3.23. The van der Waals surface area contributed by atoms with Crippen molar-refractivity contribution in [2.24, 2.45) is 5.92 Å². The molecular weight excluding hydrogens is 330 g/mol. The van der Waals surface area contributed by atoms with Crippen LogP contribution >= 0.6 is 15.9 Å². The van der Waals surface area contributed by atoms with Gasteiger partial charge in [-0.1, -0.05) is 46.3 Å². The lowest BCUT2D eigenvalue weighted by Gasteiger charge is -2.32. The van der Waals surface area contributed by atoms with Crippen LogP contribution in [0.15, 0.2) is 30.3 Å². The molecule has 114 valence electrons. The molecule has 4 heteroatoms. The topological polar surface area (TPSA) is 29.5 Å². The third-order valence-electron chi connectivity index (χ3n) is 4.52. The third kappa shape index (κ3) is 3.67. The smallest absolute Gasteiger partial charge is 0.226 e. The van der Waals surface area contributed by atoms with Crippen LogP contribution in [0.3, 0.4) is 0 Å². The molecule has 1 aliphatic carbocycles. The van der Waals surface area contributed by atoms with Gasteiger partial charge in [-0.05, 0) is 30.7 Å². The van der Waals surface area contributed by atoms with Crippen molar-refractivity contribution < 1.29 is 9.53 Å². The minimum atomic E-state index is 0.215. The second kappa shape index (κ2) is 6.93. The van der Waals surface area contributed by atoms with Gasteiger partial charge in [0.2, 0.25) is 5.91 Å². The Labute approximate surface area is 134 Å². The summed E-state index contributed by atoms with van der Waals surface area (Å²) in [6, 6.07) is 10.4. The zero-order valence-corrected chi connectivity index (χ0v) is 13.8. The second-order valence-corrected chi connectivity index (χ2v) is 6.74. The maximum Gasteiger partial charge on any atom is 0.226 e. The maximum absolute atomic E-state index is 12.5. The Kier molecular flexibility index (Phi) is 4.96. The Hall–Kier alpha value is -0.870. The minimum absolute atomic E-state index is 0.215. The molecule has 21 heavy (non-hydrogen) atoms. The Morgan fingerprint density at radius 2 is 1.95 bits per heavy atom. The highest BCUT2D eigenvalue weighted by Gasteiger charge is 2.46. The molecule has 0 bridgehead atoms. The van der Waals surface area contributed by atoms with E-state index in [0.717, 1.165) is 44.3 Å². The van der Waals surface area contributed by atoms with Crippen LogP contribution in [0.2, 0.25) is 0 Å². The number of amides is 1. The number of carbonyl (C=O) groups is 1. The number of carbonyl (C=O) groups excluding carboxylic acids is 1. The molecule has 1 amide bonds. The van der Waals surface area contributed by atoms with E-state index >= 15 is 0 Å². The van der Waals surface area contributed by atoms with Crippen LogP contribution in [0.25, 0.3) is 0 Å². The van der Waals surface area contributed by atoms with Crippen LogP contribution in [0, 0.1) is 5.92 Å². The molecule has 0 spiro atoms. The number of likely N-dealkylation sites (tertiary alicyclic amines) is 1. The van der Waals surface area contributed by atoms with E-state index in [1.165, 1.54) is 5.56 Å². The predicted molar refractivity (Wildman–Crippen MR) is 86.6 cm³/mol. The Bertz CT molecular complexity index is 471. The summed E-state index contributed by atoms with van der Waals surface area (Å²) in [5.41, 5.74) is 1.31. The van der Waals surface area contributed by atoms with Crippen molar-refractivity contribution in [2.75, 3.05) is 25.0 Å². The number of hydrogen-bond donors (Lipinski definition) is 0. The lowest BCUT2D eigenvalue weighted by Crippen LogP contribution is -2.41. The van der Waals surface area contributed by atoms with Gasteiger partial charge in [0.1, 0.15) is 0 Å². The van der Waals surface area contributed by atoms with Crippen LogP contribution < -0.4 is 0 Å². The zero-order valence-electron chi connectivity index (χ0n) is 12.2. The normalized spacial score (nSPS) is 25.9. The van der Waals surface area contributed by atoms with E-state index in [2.05, 4.69) is 40.2 Å².